The van der Waals surface area contributed by atoms with Gasteiger partial charge in [0.15, 0.2) is 0 Å². The topological polar surface area (TPSA) is 150 Å². The molecular weight excluding hydrogens is 393 g/mol. The zero-order valence-corrected chi connectivity index (χ0v) is 13.3. The lowest BCUT2D eigenvalue weighted by Gasteiger charge is -2.18. The van der Waals surface area contributed by atoms with Crippen LogP contribution in [0.15, 0.2) is 36.4 Å². The van der Waals surface area contributed by atoms with Crippen molar-refractivity contribution in [2.45, 2.75) is 6.18 Å². The number of non-ortho nitro benzene ring substituents is 1. The van der Waals surface area contributed by atoms with Gasteiger partial charge < -0.3 is 0 Å². The van der Waals surface area contributed by atoms with Crippen molar-refractivity contribution in [3.8, 4) is 0 Å². The highest BCUT2D eigenvalue weighted by Gasteiger charge is 2.39. The van der Waals surface area contributed by atoms with Gasteiger partial charge in [-0.1, -0.05) is 6.07 Å². The second-order valence-electron chi connectivity index (χ2n) is 5.13. The van der Waals surface area contributed by atoms with Crippen molar-refractivity contribution >= 4 is 34.8 Å². The molecule has 14 heteroatoms. The maximum Gasteiger partial charge on any atom is 0.416 e. The molecule has 0 radical (unpaired) electrons. The Balaban J connectivity index is 2.85. The van der Waals surface area contributed by atoms with Crippen LogP contribution in [-0.2, 0) is 11.0 Å². The molecule has 0 heterocycles. The summed E-state index contributed by atoms with van der Waals surface area (Å²) in [5.74, 6) is 0. The number of carbonyl (C=O) groups excluding carboxylic acids is 1. The Bertz CT molecular complexity index is 958. The molecule has 0 spiro atoms. The summed E-state index contributed by atoms with van der Waals surface area (Å²) in [7, 11) is 0. The number of anilines is 2. The van der Waals surface area contributed by atoms with Crippen molar-refractivity contribution in [2.24, 2.45) is 0 Å². The van der Waals surface area contributed by atoms with E-state index in [2.05, 4.69) is 0 Å². The third-order valence-electron chi connectivity index (χ3n) is 3.46. The molecule has 146 valence electrons. The molecule has 2 aromatic carbocycles. The van der Waals surface area contributed by atoms with Gasteiger partial charge in [-0.2, -0.15) is 13.2 Å². The van der Waals surface area contributed by atoms with Crippen LogP contribution in [0.25, 0.3) is 0 Å². The van der Waals surface area contributed by atoms with Crippen LogP contribution in [0.4, 0.5) is 41.6 Å². The number of halogens is 3. The number of nitro groups is 3. The van der Waals surface area contributed by atoms with Gasteiger partial charge in [0.1, 0.15) is 0 Å². The highest BCUT2D eigenvalue weighted by atomic mass is 19.4. The highest BCUT2D eigenvalue weighted by Crippen LogP contribution is 2.45. The van der Waals surface area contributed by atoms with Gasteiger partial charge in [0.05, 0.1) is 26.0 Å². The van der Waals surface area contributed by atoms with Crippen LogP contribution in [0.5, 0.6) is 0 Å². The lowest BCUT2D eigenvalue weighted by atomic mass is 10.1. The van der Waals surface area contributed by atoms with Crippen LogP contribution in [0.3, 0.4) is 0 Å². The van der Waals surface area contributed by atoms with E-state index in [1.165, 1.54) is 0 Å². The van der Waals surface area contributed by atoms with E-state index in [9.17, 15) is 48.3 Å². The van der Waals surface area contributed by atoms with Crippen LogP contribution in [0, 0.1) is 30.3 Å². The number of hydrogen-bond acceptors (Lipinski definition) is 7. The molecule has 0 saturated carbocycles. The lowest BCUT2D eigenvalue weighted by molar-refractivity contribution is -0.392. The van der Waals surface area contributed by atoms with E-state index in [1.807, 2.05) is 0 Å². The molecule has 0 aliphatic carbocycles. The minimum atomic E-state index is -5.13. The molecule has 0 fully saturated rings. The molecule has 0 aliphatic heterocycles. The number of nitro benzene ring substituents is 3. The Morgan fingerprint density at radius 3 is 1.82 bits per heavy atom. The quantitative estimate of drug-likeness (QED) is 0.407. The van der Waals surface area contributed by atoms with Gasteiger partial charge in [0, 0.05) is 24.3 Å². The number of rotatable bonds is 6. The van der Waals surface area contributed by atoms with E-state index in [0.717, 1.165) is 24.3 Å². The number of hydrogen-bond donors (Lipinski definition) is 0. The minimum Gasteiger partial charge on any atom is -0.278 e. The summed E-state index contributed by atoms with van der Waals surface area (Å²) in [4.78, 5) is 41.7. The first-order chi connectivity index (χ1) is 13.0. The Labute approximate surface area is 152 Å². The van der Waals surface area contributed by atoms with Crippen LogP contribution < -0.4 is 4.90 Å². The van der Waals surface area contributed by atoms with Gasteiger partial charge in [-0.05, 0) is 6.07 Å². The van der Waals surface area contributed by atoms with Gasteiger partial charge in [-0.25, -0.2) is 0 Å². The smallest absolute Gasteiger partial charge is 0.278 e. The molecule has 0 aromatic heterocycles. The summed E-state index contributed by atoms with van der Waals surface area (Å²) in [6.45, 7) is 0. The standard InChI is InChI=1S/C14H7F3N4O7/c15-14(16,17)8-4-11(20(25)26)13(12(5-8)21(27)28)18(7-22)9-2-1-3-10(6-9)19(23)24/h1-7H. The number of nitrogens with zero attached hydrogens (tertiary/aromatic N) is 4. The van der Waals surface area contributed by atoms with Crippen molar-refractivity contribution in [1.82, 2.24) is 0 Å². The van der Waals surface area contributed by atoms with E-state index in [-0.39, 0.29) is 18.5 Å². The third-order valence-corrected chi connectivity index (χ3v) is 3.46. The molecule has 0 saturated heterocycles. The third kappa shape index (κ3) is 3.84. The van der Waals surface area contributed by atoms with E-state index in [1.54, 1.807) is 0 Å². The Hall–Kier alpha value is -4.10. The molecule has 0 N–H and O–H groups in total. The van der Waals surface area contributed by atoms with Crippen LogP contribution in [0.1, 0.15) is 5.56 Å². The Morgan fingerprint density at radius 1 is 0.893 bits per heavy atom. The van der Waals surface area contributed by atoms with Gasteiger partial charge in [-0.15, -0.1) is 0 Å². The van der Waals surface area contributed by atoms with Crippen LogP contribution >= 0.6 is 0 Å². The van der Waals surface area contributed by atoms with E-state index < -0.39 is 54.9 Å². The predicted octanol–water partition coefficient (Wildman–Crippen LogP) is 3.72. The highest BCUT2D eigenvalue weighted by molar-refractivity contribution is 5.95. The van der Waals surface area contributed by atoms with Crippen molar-refractivity contribution in [1.29, 1.82) is 0 Å². The van der Waals surface area contributed by atoms with Crippen LogP contribution in [-0.4, -0.2) is 21.2 Å². The van der Waals surface area contributed by atoms with Gasteiger partial charge >= 0.3 is 17.6 Å². The molecule has 11 nitrogen and oxygen atoms in total. The number of benzene rings is 2. The van der Waals surface area contributed by atoms with E-state index >= 15 is 0 Å². The number of carbonyl (C=O) groups is 1. The SMILES string of the molecule is O=CN(c1cccc([N+](=O)[O-])c1)c1c([N+](=O)[O-])cc(C(F)(F)F)cc1[N+](=O)[O-]. The Morgan fingerprint density at radius 2 is 1.43 bits per heavy atom. The van der Waals surface area contributed by atoms with Gasteiger partial charge in [-0.3, -0.25) is 40.0 Å². The lowest BCUT2D eigenvalue weighted by Crippen LogP contribution is -2.19. The summed E-state index contributed by atoms with van der Waals surface area (Å²) in [5.41, 5.74) is -6.44. The second-order valence-corrected chi connectivity index (χ2v) is 5.13. The summed E-state index contributed by atoms with van der Waals surface area (Å²) >= 11 is 0. The van der Waals surface area contributed by atoms with Crippen molar-refractivity contribution in [3.05, 3.63) is 72.3 Å². The van der Waals surface area contributed by atoms with E-state index in [0.29, 0.717) is 4.90 Å². The molecular formula is C14H7F3N4O7. The molecule has 0 aliphatic rings. The van der Waals surface area contributed by atoms with Crippen molar-refractivity contribution in [2.75, 3.05) is 4.90 Å². The Kier molecular flexibility index (Phi) is 5.24. The first-order valence-corrected chi connectivity index (χ1v) is 7.00. The molecule has 0 unspecified atom stereocenters. The predicted molar refractivity (Wildman–Crippen MR) is 86.1 cm³/mol. The first kappa shape index (κ1) is 20.2. The number of amides is 1. The number of alkyl halides is 3. The van der Waals surface area contributed by atoms with Crippen molar-refractivity contribution in [3.63, 3.8) is 0 Å². The summed E-state index contributed by atoms with van der Waals surface area (Å²) < 4.78 is 38.9. The fraction of sp³-hybridized carbons (Fsp3) is 0.0714. The summed E-state index contributed by atoms with van der Waals surface area (Å²) in [6.07, 6.45) is -5.27. The zero-order chi connectivity index (χ0) is 21.2. The van der Waals surface area contributed by atoms with Gasteiger partial charge in [0.2, 0.25) is 12.1 Å². The average molecular weight is 400 g/mol. The summed E-state index contributed by atoms with van der Waals surface area (Å²) in [6, 6.07) is 4.02. The molecule has 0 bridgehead atoms. The fourth-order valence-corrected chi connectivity index (χ4v) is 2.29. The normalized spacial score (nSPS) is 11.0. The molecule has 28 heavy (non-hydrogen) atoms. The second kappa shape index (κ2) is 7.26. The maximum atomic E-state index is 13.0. The first-order valence-electron chi connectivity index (χ1n) is 7.00. The van der Waals surface area contributed by atoms with E-state index in [4.69, 9.17) is 0 Å². The van der Waals surface area contributed by atoms with Crippen molar-refractivity contribution < 1.29 is 32.7 Å². The average Bonchev–Trinajstić information content (AvgIpc) is 2.61. The van der Waals surface area contributed by atoms with Crippen LogP contribution in [0.2, 0.25) is 0 Å². The molecule has 2 aromatic rings. The monoisotopic (exact) mass is 400 g/mol. The zero-order valence-electron chi connectivity index (χ0n) is 13.3. The molecule has 2 rings (SSSR count). The van der Waals surface area contributed by atoms with Gasteiger partial charge in [0.25, 0.3) is 5.69 Å². The minimum absolute atomic E-state index is 0.0379. The largest absolute Gasteiger partial charge is 0.416 e. The fourth-order valence-electron chi connectivity index (χ4n) is 2.29. The molecule has 0 atom stereocenters. The molecule has 1 amide bonds. The summed E-state index contributed by atoms with van der Waals surface area (Å²) in [5, 5.41) is 33.4. The maximum absolute atomic E-state index is 13.0.